The van der Waals surface area contributed by atoms with Crippen molar-refractivity contribution in [3.8, 4) is 0 Å². The first-order chi connectivity index (χ1) is 6.22. The highest BCUT2D eigenvalue weighted by Crippen LogP contribution is 2.24. The van der Waals surface area contributed by atoms with Crippen LogP contribution in [0.1, 0.15) is 5.56 Å². The lowest BCUT2D eigenvalue weighted by atomic mass is 10.3. The lowest BCUT2D eigenvalue weighted by molar-refractivity contribution is 0.618. The Hall–Kier alpha value is -1.29. The van der Waals surface area contributed by atoms with Gasteiger partial charge in [-0.15, -0.1) is 11.3 Å². The number of aryl methyl sites for hydroxylation is 1. The molecule has 2 rings (SSSR count). The van der Waals surface area contributed by atoms with Gasteiger partial charge in [-0.25, -0.2) is 0 Å². The van der Waals surface area contributed by atoms with Gasteiger partial charge in [0.15, 0.2) is 11.5 Å². The van der Waals surface area contributed by atoms with Crippen molar-refractivity contribution in [2.75, 3.05) is 12.4 Å². The van der Waals surface area contributed by atoms with E-state index in [0.29, 0.717) is 16.2 Å². The fourth-order valence-corrected chi connectivity index (χ4v) is 2.06. The molecule has 2 aromatic heterocycles. The third-order valence-electron chi connectivity index (χ3n) is 1.86. The Balaban J connectivity index is 2.88. The van der Waals surface area contributed by atoms with Crippen LogP contribution in [0.25, 0.3) is 10.3 Å². The van der Waals surface area contributed by atoms with Crippen molar-refractivity contribution in [3.05, 3.63) is 27.2 Å². The Bertz CT molecular complexity index is 498. The van der Waals surface area contributed by atoms with E-state index in [2.05, 4.69) is 5.32 Å². The minimum absolute atomic E-state index is 0.0173. The molecule has 0 aromatic carbocycles. The predicted octanol–water partition coefficient (Wildman–Crippen LogP) is 2.20. The SMILES string of the molecule is CNc1cc(=O)c2scc(C)c2o1. The third-order valence-corrected chi connectivity index (χ3v) is 2.96. The van der Waals surface area contributed by atoms with Crippen LogP contribution in [0.4, 0.5) is 5.88 Å². The Kier molecular flexibility index (Phi) is 1.84. The summed E-state index contributed by atoms with van der Waals surface area (Å²) < 4.78 is 6.15. The molecule has 0 amide bonds. The van der Waals surface area contributed by atoms with Crippen LogP contribution in [0.3, 0.4) is 0 Å². The molecular weight excluding hydrogens is 186 g/mol. The fraction of sp³-hybridized carbons (Fsp3) is 0.222. The summed E-state index contributed by atoms with van der Waals surface area (Å²) in [5, 5.41) is 4.74. The van der Waals surface area contributed by atoms with Crippen molar-refractivity contribution in [3.63, 3.8) is 0 Å². The van der Waals surface area contributed by atoms with Gasteiger partial charge in [0, 0.05) is 18.7 Å². The van der Waals surface area contributed by atoms with Crippen LogP contribution >= 0.6 is 11.3 Å². The number of nitrogens with one attached hydrogen (secondary N) is 1. The van der Waals surface area contributed by atoms with Gasteiger partial charge in [0.2, 0.25) is 5.43 Å². The smallest absolute Gasteiger partial charge is 0.204 e. The summed E-state index contributed by atoms with van der Waals surface area (Å²) in [6, 6.07) is 1.47. The van der Waals surface area contributed by atoms with Gasteiger partial charge in [0.1, 0.15) is 4.70 Å². The first-order valence-corrected chi connectivity index (χ1v) is 4.80. The molecular formula is C9H9NO2S. The van der Waals surface area contributed by atoms with E-state index in [1.165, 1.54) is 17.4 Å². The zero-order chi connectivity index (χ0) is 9.42. The van der Waals surface area contributed by atoms with Gasteiger partial charge in [-0.1, -0.05) is 0 Å². The maximum Gasteiger partial charge on any atom is 0.204 e. The quantitative estimate of drug-likeness (QED) is 0.758. The van der Waals surface area contributed by atoms with Crippen molar-refractivity contribution in [1.29, 1.82) is 0 Å². The van der Waals surface area contributed by atoms with Crippen molar-refractivity contribution in [2.45, 2.75) is 6.92 Å². The van der Waals surface area contributed by atoms with E-state index in [4.69, 9.17) is 4.42 Å². The molecule has 0 unspecified atom stereocenters. The molecule has 0 aliphatic rings. The number of anilines is 1. The maximum absolute atomic E-state index is 11.5. The molecule has 0 aliphatic heterocycles. The summed E-state index contributed by atoms with van der Waals surface area (Å²) in [4.78, 5) is 11.5. The van der Waals surface area contributed by atoms with Gasteiger partial charge in [0.25, 0.3) is 0 Å². The minimum atomic E-state index is 0.0173. The van der Waals surface area contributed by atoms with Gasteiger partial charge in [0.05, 0.1) is 0 Å². The second-order valence-electron chi connectivity index (χ2n) is 2.80. The lowest BCUT2D eigenvalue weighted by Crippen LogP contribution is -2.00. The summed E-state index contributed by atoms with van der Waals surface area (Å²) in [5.74, 6) is 0.513. The van der Waals surface area contributed by atoms with E-state index in [-0.39, 0.29) is 5.43 Å². The summed E-state index contributed by atoms with van der Waals surface area (Å²) in [6.45, 7) is 1.93. The molecule has 3 nitrogen and oxygen atoms in total. The molecule has 0 spiro atoms. The molecule has 0 radical (unpaired) electrons. The van der Waals surface area contributed by atoms with Crippen LogP contribution in [-0.2, 0) is 0 Å². The van der Waals surface area contributed by atoms with E-state index in [0.717, 1.165) is 5.56 Å². The van der Waals surface area contributed by atoms with Crippen LogP contribution in [0.15, 0.2) is 20.7 Å². The topological polar surface area (TPSA) is 42.2 Å². The monoisotopic (exact) mass is 195 g/mol. The van der Waals surface area contributed by atoms with Gasteiger partial charge in [-0.2, -0.15) is 0 Å². The Morgan fingerprint density at radius 1 is 1.54 bits per heavy atom. The van der Waals surface area contributed by atoms with E-state index >= 15 is 0 Å². The Morgan fingerprint density at radius 2 is 2.31 bits per heavy atom. The third kappa shape index (κ3) is 1.23. The van der Waals surface area contributed by atoms with Crippen LogP contribution in [0.5, 0.6) is 0 Å². The summed E-state index contributed by atoms with van der Waals surface area (Å²) in [5.41, 5.74) is 1.72. The molecule has 68 valence electrons. The van der Waals surface area contributed by atoms with E-state index in [1.807, 2.05) is 12.3 Å². The van der Waals surface area contributed by atoms with Crippen molar-refractivity contribution in [2.24, 2.45) is 0 Å². The number of hydrogen-bond acceptors (Lipinski definition) is 4. The molecule has 0 saturated heterocycles. The van der Waals surface area contributed by atoms with Crippen LogP contribution < -0.4 is 10.7 Å². The van der Waals surface area contributed by atoms with E-state index in [9.17, 15) is 4.79 Å². The molecule has 4 heteroatoms. The average molecular weight is 195 g/mol. The highest BCUT2D eigenvalue weighted by atomic mass is 32.1. The number of hydrogen-bond donors (Lipinski definition) is 1. The highest BCUT2D eigenvalue weighted by Gasteiger charge is 2.07. The second kappa shape index (κ2) is 2.88. The summed E-state index contributed by atoms with van der Waals surface area (Å²) >= 11 is 1.43. The second-order valence-corrected chi connectivity index (χ2v) is 3.68. The first-order valence-electron chi connectivity index (χ1n) is 3.92. The van der Waals surface area contributed by atoms with Crippen molar-refractivity contribution < 1.29 is 4.42 Å². The van der Waals surface area contributed by atoms with Gasteiger partial charge in [-0.05, 0) is 12.3 Å². The molecule has 2 aromatic rings. The number of rotatable bonds is 1. The minimum Gasteiger partial charge on any atom is -0.439 e. The molecule has 0 aliphatic carbocycles. The fourth-order valence-electron chi connectivity index (χ4n) is 1.18. The molecule has 13 heavy (non-hydrogen) atoms. The maximum atomic E-state index is 11.5. The van der Waals surface area contributed by atoms with Crippen LogP contribution in [-0.4, -0.2) is 7.05 Å². The number of fused-ring (bicyclic) bond motifs is 1. The first kappa shape index (κ1) is 8.31. The van der Waals surface area contributed by atoms with Crippen molar-refractivity contribution >= 4 is 27.5 Å². The zero-order valence-corrected chi connectivity index (χ0v) is 8.20. The van der Waals surface area contributed by atoms with E-state index < -0.39 is 0 Å². The molecule has 0 saturated carbocycles. The normalized spacial score (nSPS) is 10.6. The molecule has 0 atom stereocenters. The van der Waals surface area contributed by atoms with Crippen LogP contribution in [0.2, 0.25) is 0 Å². The van der Waals surface area contributed by atoms with Crippen LogP contribution in [0, 0.1) is 6.92 Å². The highest BCUT2D eigenvalue weighted by molar-refractivity contribution is 7.17. The summed E-state index contributed by atoms with van der Waals surface area (Å²) in [7, 11) is 1.73. The Morgan fingerprint density at radius 3 is 3.00 bits per heavy atom. The van der Waals surface area contributed by atoms with Gasteiger partial charge >= 0.3 is 0 Å². The van der Waals surface area contributed by atoms with Gasteiger partial charge < -0.3 is 9.73 Å². The molecule has 0 bridgehead atoms. The molecule has 0 fully saturated rings. The standard InChI is InChI=1S/C9H9NO2S/c1-5-4-13-9-6(11)3-7(10-2)12-8(5)9/h3-4,10H,1-2H3. The molecule has 1 N–H and O–H groups in total. The zero-order valence-electron chi connectivity index (χ0n) is 7.38. The largest absolute Gasteiger partial charge is 0.439 e. The van der Waals surface area contributed by atoms with E-state index in [1.54, 1.807) is 7.05 Å². The average Bonchev–Trinajstić information content (AvgIpc) is 2.48. The van der Waals surface area contributed by atoms with Gasteiger partial charge in [-0.3, -0.25) is 4.79 Å². The number of thiophene rings is 1. The van der Waals surface area contributed by atoms with Crippen molar-refractivity contribution in [1.82, 2.24) is 0 Å². The Labute approximate surface area is 79.0 Å². The molecule has 2 heterocycles. The lowest BCUT2D eigenvalue weighted by Gasteiger charge is -1.97. The predicted molar refractivity (Wildman–Crippen MR) is 54.6 cm³/mol. The summed E-state index contributed by atoms with van der Waals surface area (Å²) in [6.07, 6.45) is 0.